The molecule has 0 bridgehead atoms. The number of Topliss-reactive ketones (excluding diaryl/α,β-unsaturated/α-hetero) is 1. The highest BCUT2D eigenvalue weighted by Crippen LogP contribution is 2.28. The second-order valence-corrected chi connectivity index (χ2v) is 5.11. The molecule has 2 heteroatoms. The van der Waals surface area contributed by atoms with Gasteiger partial charge in [0.05, 0.1) is 6.61 Å². The predicted octanol–water partition coefficient (Wildman–Crippen LogP) is 4.16. The molecule has 1 aromatic rings. The van der Waals surface area contributed by atoms with Gasteiger partial charge in [-0.2, -0.15) is 0 Å². The molecule has 0 N–H and O–H groups in total. The number of aryl methyl sites for hydroxylation is 1. The highest BCUT2D eigenvalue weighted by Gasteiger charge is 2.23. The lowest BCUT2D eigenvalue weighted by Crippen LogP contribution is -2.18. The molecule has 0 saturated heterocycles. The molecule has 1 aromatic carbocycles. The maximum atomic E-state index is 12.4. The van der Waals surface area contributed by atoms with Crippen molar-refractivity contribution in [1.82, 2.24) is 0 Å². The summed E-state index contributed by atoms with van der Waals surface area (Å²) in [7, 11) is 0. The highest BCUT2D eigenvalue weighted by atomic mass is 16.5. The van der Waals surface area contributed by atoms with E-state index in [0.29, 0.717) is 12.4 Å². The van der Waals surface area contributed by atoms with Gasteiger partial charge in [-0.1, -0.05) is 19.3 Å². The molecule has 98 valence electrons. The molecule has 1 saturated carbocycles. The molecule has 1 aliphatic rings. The number of ether oxygens (including phenoxy) is 1. The summed E-state index contributed by atoms with van der Waals surface area (Å²) in [6.45, 7) is 4.63. The first-order valence-electron chi connectivity index (χ1n) is 7.00. The fourth-order valence-electron chi connectivity index (χ4n) is 2.75. The van der Waals surface area contributed by atoms with Crippen LogP contribution in [-0.2, 0) is 0 Å². The van der Waals surface area contributed by atoms with Gasteiger partial charge in [-0.15, -0.1) is 0 Å². The maximum Gasteiger partial charge on any atom is 0.166 e. The van der Waals surface area contributed by atoms with Crippen molar-refractivity contribution < 1.29 is 9.53 Å². The Morgan fingerprint density at radius 2 is 2.00 bits per heavy atom. The number of carbonyl (C=O) groups is 1. The normalized spacial score (nSPS) is 16.6. The Morgan fingerprint density at radius 1 is 1.28 bits per heavy atom. The van der Waals surface area contributed by atoms with Gasteiger partial charge in [-0.25, -0.2) is 0 Å². The van der Waals surface area contributed by atoms with Gasteiger partial charge in [0.25, 0.3) is 0 Å². The summed E-state index contributed by atoms with van der Waals surface area (Å²) in [6, 6.07) is 5.81. The number of hydrogen-bond acceptors (Lipinski definition) is 2. The molecule has 0 atom stereocenters. The van der Waals surface area contributed by atoms with Crippen molar-refractivity contribution in [3.63, 3.8) is 0 Å². The SMILES string of the molecule is CCOc1ccc(C(=O)C2CCCCC2)c(C)c1. The van der Waals surface area contributed by atoms with E-state index in [4.69, 9.17) is 4.74 Å². The van der Waals surface area contributed by atoms with Crippen LogP contribution in [0.3, 0.4) is 0 Å². The first-order chi connectivity index (χ1) is 8.72. The van der Waals surface area contributed by atoms with Crippen LogP contribution in [0.15, 0.2) is 18.2 Å². The van der Waals surface area contributed by atoms with Gasteiger partial charge in [0.15, 0.2) is 5.78 Å². The van der Waals surface area contributed by atoms with Gasteiger partial charge in [-0.3, -0.25) is 4.79 Å². The fourth-order valence-corrected chi connectivity index (χ4v) is 2.75. The van der Waals surface area contributed by atoms with Gasteiger partial charge in [0.2, 0.25) is 0 Å². The predicted molar refractivity (Wildman–Crippen MR) is 73.3 cm³/mol. The standard InChI is InChI=1S/C16H22O2/c1-3-18-14-9-10-15(12(2)11-14)16(17)13-7-5-4-6-8-13/h9-11,13H,3-8H2,1-2H3. The van der Waals surface area contributed by atoms with Crippen LogP contribution in [0.4, 0.5) is 0 Å². The Morgan fingerprint density at radius 3 is 2.61 bits per heavy atom. The molecule has 0 unspecified atom stereocenters. The van der Waals surface area contributed by atoms with Gasteiger partial charge < -0.3 is 4.74 Å². The lowest BCUT2D eigenvalue weighted by Gasteiger charge is -2.21. The van der Waals surface area contributed by atoms with E-state index < -0.39 is 0 Å². The van der Waals surface area contributed by atoms with Crippen LogP contribution >= 0.6 is 0 Å². The minimum Gasteiger partial charge on any atom is -0.494 e. The van der Waals surface area contributed by atoms with Crippen molar-refractivity contribution in [3.8, 4) is 5.75 Å². The summed E-state index contributed by atoms with van der Waals surface area (Å²) >= 11 is 0. The smallest absolute Gasteiger partial charge is 0.166 e. The summed E-state index contributed by atoms with van der Waals surface area (Å²) in [5, 5.41) is 0. The zero-order valence-electron chi connectivity index (χ0n) is 11.4. The molecule has 0 amide bonds. The van der Waals surface area contributed by atoms with E-state index in [1.165, 1.54) is 19.3 Å². The van der Waals surface area contributed by atoms with E-state index in [2.05, 4.69) is 0 Å². The van der Waals surface area contributed by atoms with Gasteiger partial charge in [-0.05, 0) is 50.5 Å². The molecule has 2 rings (SSSR count). The molecule has 0 radical (unpaired) electrons. The Balaban J connectivity index is 2.14. The largest absolute Gasteiger partial charge is 0.494 e. The van der Waals surface area contributed by atoms with Crippen molar-refractivity contribution in [3.05, 3.63) is 29.3 Å². The van der Waals surface area contributed by atoms with E-state index in [1.807, 2.05) is 32.0 Å². The second-order valence-electron chi connectivity index (χ2n) is 5.11. The maximum absolute atomic E-state index is 12.4. The van der Waals surface area contributed by atoms with Gasteiger partial charge in [0.1, 0.15) is 5.75 Å². The average molecular weight is 246 g/mol. The topological polar surface area (TPSA) is 26.3 Å². The van der Waals surface area contributed by atoms with Crippen LogP contribution in [0.25, 0.3) is 0 Å². The first kappa shape index (κ1) is 13.1. The van der Waals surface area contributed by atoms with Crippen molar-refractivity contribution in [2.75, 3.05) is 6.61 Å². The van der Waals surface area contributed by atoms with Crippen LogP contribution in [0.1, 0.15) is 54.9 Å². The van der Waals surface area contributed by atoms with E-state index in [9.17, 15) is 4.79 Å². The number of rotatable bonds is 4. The van der Waals surface area contributed by atoms with Gasteiger partial charge >= 0.3 is 0 Å². The van der Waals surface area contributed by atoms with Crippen LogP contribution in [0.5, 0.6) is 5.75 Å². The molecule has 2 nitrogen and oxygen atoms in total. The third-order valence-corrected chi connectivity index (χ3v) is 3.75. The Kier molecular flexibility index (Phi) is 4.40. The molecule has 1 aliphatic carbocycles. The molecular formula is C16H22O2. The summed E-state index contributed by atoms with van der Waals surface area (Å²) < 4.78 is 5.46. The summed E-state index contributed by atoms with van der Waals surface area (Å²) in [6.07, 6.45) is 5.81. The van der Waals surface area contributed by atoms with E-state index in [1.54, 1.807) is 0 Å². The van der Waals surface area contributed by atoms with Gasteiger partial charge in [0, 0.05) is 11.5 Å². The zero-order valence-corrected chi connectivity index (χ0v) is 11.4. The second kappa shape index (κ2) is 6.03. The Labute approximate surface area is 109 Å². The Hall–Kier alpha value is -1.31. The monoisotopic (exact) mass is 246 g/mol. The fraction of sp³-hybridized carbons (Fsp3) is 0.562. The quantitative estimate of drug-likeness (QED) is 0.746. The molecule has 0 aromatic heterocycles. The molecular weight excluding hydrogens is 224 g/mol. The van der Waals surface area contributed by atoms with E-state index in [-0.39, 0.29) is 5.92 Å². The number of carbonyl (C=O) groups excluding carboxylic acids is 1. The van der Waals surface area contributed by atoms with Crippen LogP contribution < -0.4 is 4.74 Å². The number of hydrogen-bond donors (Lipinski definition) is 0. The molecule has 0 aliphatic heterocycles. The van der Waals surface area contributed by atoms with Crippen molar-refractivity contribution in [1.29, 1.82) is 0 Å². The Bertz CT molecular complexity index is 417. The first-order valence-corrected chi connectivity index (χ1v) is 7.00. The molecule has 18 heavy (non-hydrogen) atoms. The summed E-state index contributed by atoms with van der Waals surface area (Å²) in [5.74, 6) is 1.43. The minimum absolute atomic E-state index is 0.246. The van der Waals surface area contributed by atoms with Crippen LogP contribution in [0, 0.1) is 12.8 Å². The van der Waals surface area contributed by atoms with E-state index in [0.717, 1.165) is 29.7 Å². The number of ketones is 1. The lowest BCUT2D eigenvalue weighted by atomic mass is 9.83. The molecule has 0 heterocycles. The van der Waals surface area contributed by atoms with Crippen molar-refractivity contribution in [2.45, 2.75) is 46.0 Å². The molecule has 1 fully saturated rings. The van der Waals surface area contributed by atoms with Crippen molar-refractivity contribution >= 4 is 5.78 Å². The minimum atomic E-state index is 0.246. The average Bonchev–Trinajstić information content (AvgIpc) is 2.40. The van der Waals surface area contributed by atoms with Crippen LogP contribution in [-0.4, -0.2) is 12.4 Å². The highest BCUT2D eigenvalue weighted by molar-refractivity contribution is 5.99. The van der Waals surface area contributed by atoms with Crippen LogP contribution in [0.2, 0.25) is 0 Å². The third kappa shape index (κ3) is 2.92. The molecule has 0 spiro atoms. The van der Waals surface area contributed by atoms with Crippen molar-refractivity contribution in [2.24, 2.45) is 5.92 Å². The third-order valence-electron chi connectivity index (χ3n) is 3.75. The van der Waals surface area contributed by atoms with E-state index >= 15 is 0 Å². The number of benzene rings is 1. The summed E-state index contributed by atoms with van der Waals surface area (Å²) in [5.41, 5.74) is 1.92. The lowest BCUT2D eigenvalue weighted by molar-refractivity contribution is 0.0889. The summed E-state index contributed by atoms with van der Waals surface area (Å²) in [4.78, 5) is 12.4. The zero-order chi connectivity index (χ0) is 13.0.